The molecule has 1 aromatic carbocycles. The van der Waals surface area contributed by atoms with Gasteiger partial charge in [-0.1, -0.05) is 25.1 Å². The number of carbonyl (C=O) groups excluding carboxylic acids is 1. The van der Waals surface area contributed by atoms with E-state index in [1.54, 1.807) is 0 Å². The Morgan fingerprint density at radius 1 is 1.38 bits per heavy atom. The predicted molar refractivity (Wildman–Crippen MR) is 52.0 cm³/mol. The lowest BCUT2D eigenvalue weighted by atomic mass is 10.1. The lowest BCUT2D eigenvalue weighted by molar-refractivity contribution is -0.108. The summed E-state index contributed by atoms with van der Waals surface area (Å²) in [4.78, 5) is 10.1. The molecule has 0 saturated heterocycles. The van der Waals surface area contributed by atoms with Crippen molar-refractivity contribution < 1.29 is 9.53 Å². The van der Waals surface area contributed by atoms with E-state index in [9.17, 15) is 4.79 Å². The molecule has 0 bridgehead atoms. The number of ether oxygens (including phenoxy) is 1. The van der Waals surface area contributed by atoms with Crippen molar-refractivity contribution in [2.45, 2.75) is 19.8 Å². The minimum Gasteiger partial charge on any atom is -0.493 e. The highest BCUT2D eigenvalue weighted by molar-refractivity contribution is 5.49. The van der Waals surface area contributed by atoms with E-state index in [0.717, 1.165) is 18.5 Å². The first-order valence-corrected chi connectivity index (χ1v) is 4.52. The minimum atomic E-state index is 0.456. The third-order valence-corrected chi connectivity index (χ3v) is 1.85. The number of carbonyl (C=O) groups is 1. The number of rotatable bonds is 5. The molecule has 1 rings (SSSR count). The molecule has 0 aliphatic rings. The summed E-state index contributed by atoms with van der Waals surface area (Å²) in [6, 6.07) is 7.90. The van der Waals surface area contributed by atoms with Crippen LogP contribution in [0.2, 0.25) is 0 Å². The van der Waals surface area contributed by atoms with Gasteiger partial charge >= 0.3 is 0 Å². The molecule has 0 unspecified atom stereocenters. The van der Waals surface area contributed by atoms with E-state index in [1.165, 1.54) is 5.56 Å². The molecule has 0 aliphatic carbocycles. The maximum Gasteiger partial charge on any atom is 0.123 e. The fourth-order valence-corrected chi connectivity index (χ4v) is 1.15. The quantitative estimate of drug-likeness (QED) is 0.510. The highest BCUT2D eigenvalue weighted by atomic mass is 16.5. The second-order valence-electron chi connectivity index (χ2n) is 2.77. The molecule has 0 N–H and O–H groups in total. The van der Waals surface area contributed by atoms with Crippen LogP contribution >= 0.6 is 0 Å². The van der Waals surface area contributed by atoms with Gasteiger partial charge in [-0.15, -0.1) is 0 Å². The van der Waals surface area contributed by atoms with Gasteiger partial charge in [0.1, 0.15) is 12.0 Å². The van der Waals surface area contributed by atoms with Crippen LogP contribution in [-0.2, 0) is 11.2 Å². The first-order chi connectivity index (χ1) is 6.38. The second kappa shape index (κ2) is 5.36. The molecule has 0 fully saturated rings. The van der Waals surface area contributed by atoms with Crippen molar-refractivity contribution in [3.05, 3.63) is 29.8 Å². The van der Waals surface area contributed by atoms with Gasteiger partial charge in [-0.2, -0.15) is 0 Å². The van der Waals surface area contributed by atoms with Crippen LogP contribution in [0.25, 0.3) is 0 Å². The van der Waals surface area contributed by atoms with Gasteiger partial charge in [0, 0.05) is 6.42 Å². The average Bonchev–Trinajstić information content (AvgIpc) is 2.19. The van der Waals surface area contributed by atoms with Crippen LogP contribution in [0.5, 0.6) is 5.75 Å². The van der Waals surface area contributed by atoms with Crippen molar-refractivity contribution in [1.82, 2.24) is 0 Å². The molecule has 2 heteroatoms. The highest BCUT2D eigenvalue weighted by Gasteiger charge is 1.98. The van der Waals surface area contributed by atoms with E-state index in [0.29, 0.717) is 13.0 Å². The molecule has 0 radical (unpaired) electrons. The van der Waals surface area contributed by atoms with E-state index in [4.69, 9.17) is 4.74 Å². The standard InChI is InChI=1S/C11H14O2/c1-2-10-6-3-4-7-11(10)13-9-5-8-12/h3-4,6-8H,2,5,9H2,1H3. The zero-order chi connectivity index (χ0) is 9.52. The van der Waals surface area contributed by atoms with E-state index in [1.807, 2.05) is 24.3 Å². The average molecular weight is 178 g/mol. The van der Waals surface area contributed by atoms with E-state index in [-0.39, 0.29) is 0 Å². The Morgan fingerprint density at radius 2 is 2.15 bits per heavy atom. The molecule has 2 nitrogen and oxygen atoms in total. The fourth-order valence-electron chi connectivity index (χ4n) is 1.15. The maximum atomic E-state index is 10.1. The van der Waals surface area contributed by atoms with Crippen LogP contribution in [-0.4, -0.2) is 12.9 Å². The first kappa shape index (κ1) is 9.78. The third-order valence-electron chi connectivity index (χ3n) is 1.85. The van der Waals surface area contributed by atoms with E-state index in [2.05, 4.69) is 6.92 Å². The Bertz CT molecular complexity index is 269. The smallest absolute Gasteiger partial charge is 0.123 e. The summed E-state index contributed by atoms with van der Waals surface area (Å²) in [6.07, 6.45) is 2.28. The van der Waals surface area contributed by atoms with Crippen molar-refractivity contribution in [3.63, 3.8) is 0 Å². The molecule has 0 aliphatic heterocycles. The van der Waals surface area contributed by atoms with Crippen LogP contribution in [0.15, 0.2) is 24.3 Å². The van der Waals surface area contributed by atoms with Crippen LogP contribution < -0.4 is 4.74 Å². The summed E-state index contributed by atoms with van der Waals surface area (Å²) < 4.78 is 5.44. The van der Waals surface area contributed by atoms with E-state index >= 15 is 0 Å². The molecule has 0 amide bonds. The predicted octanol–water partition coefficient (Wildman–Crippen LogP) is 2.22. The van der Waals surface area contributed by atoms with Gasteiger partial charge < -0.3 is 9.53 Å². The molecular formula is C11H14O2. The van der Waals surface area contributed by atoms with Gasteiger partial charge in [0.2, 0.25) is 0 Å². The molecule has 13 heavy (non-hydrogen) atoms. The Kier molecular flexibility index (Phi) is 4.03. The van der Waals surface area contributed by atoms with Crippen LogP contribution in [0.1, 0.15) is 18.9 Å². The SMILES string of the molecule is CCc1ccccc1OCCC=O. The number of benzene rings is 1. The largest absolute Gasteiger partial charge is 0.493 e. The molecule has 1 aromatic rings. The van der Waals surface area contributed by atoms with Crippen molar-refractivity contribution in [2.75, 3.05) is 6.61 Å². The Labute approximate surface area is 78.5 Å². The zero-order valence-corrected chi connectivity index (χ0v) is 7.82. The summed E-state index contributed by atoms with van der Waals surface area (Å²) >= 11 is 0. The molecule has 0 aromatic heterocycles. The highest BCUT2D eigenvalue weighted by Crippen LogP contribution is 2.17. The lowest BCUT2D eigenvalue weighted by Gasteiger charge is -2.08. The number of para-hydroxylation sites is 1. The number of hydrogen-bond donors (Lipinski definition) is 0. The van der Waals surface area contributed by atoms with Crippen molar-refractivity contribution in [3.8, 4) is 5.75 Å². The van der Waals surface area contributed by atoms with Gasteiger partial charge in [0.25, 0.3) is 0 Å². The van der Waals surface area contributed by atoms with Crippen LogP contribution in [0.3, 0.4) is 0 Å². The van der Waals surface area contributed by atoms with Crippen LogP contribution in [0, 0.1) is 0 Å². The summed E-state index contributed by atoms with van der Waals surface area (Å²) in [5.41, 5.74) is 1.19. The maximum absolute atomic E-state index is 10.1. The Balaban J connectivity index is 2.58. The number of aryl methyl sites for hydroxylation is 1. The van der Waals surface area contributed by atoms with Gasteiger partial charge in [-0.25, -0.2) is 0 Å². The molecule has 0 spiro atoms. The molecule has 70 valence electrons. The van der Waals surface area contributed by atoms with Gasteiger partial charge in [-0.3, -0.25) is 0 Å². The van der Waals surface area contributed by atoms with E-state index < -0.39 is 0 Å². The number of aldehydes is 1. The summed E-state index contributed by atoms with van der Waals surface area (Å²) in [5, 5.41) is 0. The molecule has 0 heterocycles. The third kappa shape index (κ3) is 2.90. The summed E-state index contributed by atoms with van der Waals surface area (Å²) in [7, 11) is 0. The summed E-state index contributed by atoms with van der Waals surface area (Å²) in [5.74, 6) is 0.895. The molecule has 0 saturated carbocycles. The van der Waals surface area contributed by atoms with Crippen molar-refractivity contribution in [1.29, 1.82) is 0 Å². The minimum absolute atomic E-state index is 0.456. The monoisotopic (exact) mass is 178 g/mol. The Hall–Kier alpha value is -1.31. The molecule has 0 atom stereocenters. The lowest BCUT2D eigenvalue weighted by Crippen LogP contribution is -1.99. The van der Waals surface area contributed by atoms with Crippen molar-refractivity contribution in [2.24, 2.45) is 0 Å². The second-order valence-corrected chi connectivity index (χ2v) is 2.77. The van der Waals surface area contributed by atoms with Crippen molar-refractivity contribution >= 4 is 6.29 Å². The summed E-state index contributed by atoms with van der Waals surface area (Å²) in [6.45, 7) is 2.56. The van der Waals surface area contributed by atoms with Gasteiger partial charge in [0.15, 0.2) is 0 Å². The molecular weight excluding hydrogens is 164 g/mol. The fraction of sp³-hybridized carbons (Fsp3) is 0.364. The van der Waals surface area contributed by atoms with Gasteiger partial charge in [0.05, 0.1) is 6.61 Å². The Morgan fingerprint density at radius 3 is 2.85 bits per heavy atom. The van der Waals surface area contributed by atoms with Gasteiger partial charge in [-0.05, 0) is 18.1 Å². The van der Waals surface area contributed by atoms with Crippen LogP contribution in [0.4, 0.5) is 0 Å². The number of hydrogen-bond acceptors (Lipinski definition) is 2. The normalized spacial score (nSPS) is 9.62. The topological polar surface area (TPSA) is 26.3 Å². The first-order valence-electron chi connectivity index (χ1n) is 4.52. The zero-order valence-electron chi connectivity index (χ0n) is 7.82.